The maximum Gasteiger partial charge on any atom is 0.338 e. The van der Waals surface area contributed by atoms with E-state index in [2.05, 4.69) is 11.8 Å². The summed E-state index contributed by atoms with van der Waals surface area (Å²) >= 11 is 0. The first-order valence-corrected chi connectivity index (χ1v) is 11.1. The van der Waals surface area contributed by atoms with Crippen molar-refractivity contribution < 1.29 is 28.8 Å². The van der Waals surface area contributed by atoms with Crippen LogP contribution in [0.3, 0.4) is 0 Å². The summed E-state index contributed by atoms with van der Waals surface area (Å²) in [5.74, 6) is 0.335. The number of methoxy groups -OCH3 is 1. The van der Waals surface area contributed by atoms with Crippen molar-refractivity contribution in [3.05, 3.63) is 11.3 Å². The zero-order chi connectivity index (χ0) is 20.3. The minimum atomic E-state index is -0.625. The van der Waals surface area contributed by atoms with E-state index < -0.39 is 11.9 Å². The molecule has 0 aromatic rings. The number of ether oxygens (including phenoxy) is 4. The summed E-state index contributed by atoms with van der Waals surface area (Å²) < 4.78 is 24.8. The minimum Gasteiger partial charge on any atom is -0.496 e. The zero-order valence-electron chi connectivity index (χ0n) is 17.6. The maximum atomic E-state index is 12.2. The van der Waals surface area contributed by atoms with Crippen molar-refractivity contribution in [3.63, 3.8) is 0 Å². The van der Waals surface area contributed by atoms with Crippen molar-refractivity contribution in [3.8, 4) is 0 Å². The van der Waals surface area contributed by atoms with Crippen molar-refractivity contribution >= 4 is 5.97 Å². The smallest absolute Gasteiger partial charge is 0.338 e. The molecule has 0 saturated carbocycles. The molecule has 1 spiro atoms. The lowest BCUT2D eigenvalue weighted by atomic mass is 9.69. The van der Waals surface area contributed by atoms with Crippen molar-refractivity contribution in [2.45, 2.75) is 88.2 Å². The summed E-state index contributed by atoms with van der Waals surface area (Å²) in [4.78, 5) is 14.9. The lowest BCUT2D eigenvalue weighted by Gasteiger charge is -2.49. The second-order valence-corrected chi connectivity index (χ2v) is 9.91. The number of carbonyl (C=O) groups excluding carboxylic acids is 1. The van der Waals surface area contributed by atoms with Crippen LogP contribution in [0.5, 0.6) is 0 Å². The number of rotatable bonds is 5. The molecule has 29 heavy (non-hydrogen) atoms. The van der Waals surface area contributed by atoms with Crippen molar-refractivity contribution in [2.24, 2.45) is 17.8 Å². The van der Waals surface area contributed by atoms with Crippen molar-refractivity contribution in [2.75, 3.05) is 13.7 Å². The third kappa shape index (κ3) is 1.92. The molecular formula is C22H31NO6. The first kappa shape index (κ1) is 18.6. The Morgan fingerprint density at radius 3 is 2.90 bits per heavy atom. The normalized spacial score (nSPS) is 55.0. The molecule has 0 aromatic heterocycles. The van der Waals surface area contributed by atoms with Gasteiger partial charge in [0, 0.05) is 17.9 Å². The van der Waals surface area contributed by atoms with Gasteiger partial charge in [0.25, 0.3) is 0 Å². The van der Waals surface area contributed by atoms with E-state index in [0.717, 1.165) is 32.2 Å². The molecule has 2 unspecified atom stereocenters. The lowest BCUT2D eigenvalue weighted by Crippen LogP contribution is -2.61. The van der Waals surface area contributed by atoms with E-state index in [4.69, 9.17) is 18.9 Å². The maximum absolute atomic E-state index is 12.2. The van der Waals surface area contributed by atoms with Gasteiger partial charge in [-0.1, -0.05) is 13.8 Å². The predicted molar refractivity (Wildman–Crippen MR) is 102 cm³/mol. The van der Waals surface area contributed by atoms with Gasteiger partial charge in [0.1, 0.15) is 11.9 Å². The molecule has 7 heteroatoms. The summed E-state index contributed by atoms with van der Waals surface area (Å²) in [6.45, 7) is 7.06. The second kappa shape index (κ2) is 5.75. The van der Waals surface area contributed by atoms with Gasteiger partial charge in [0.05, 0.1) is 30.4 Å². The van der Waals surface area contributed by atoms with Gasteiger partial charge in [0.15, 0.2) is 11.9 Å². The van der Waals surface area contributed by atoms with Crippen LogP contribution in [-0.4, -0.2) is 71.4 Å². The third-order valence-corrected chi connectivity index (χ3v) is 9.03. The molecule has 0 aromatic carbocycles. The summed E-state index contributed by atoms with van der Waals surface area (Å²) in [6.07, 6.45) is 2.59. The minimum absolute atomic E-state index is 0.104. The van der Waals surface area contributed by atoms with E-state index >= 15 is 0 Å². The Bertz CT molecular complexity index is 798. The number of esters is 1. The Balaban J connectivity index is 1.39. The first-order chi connectivity index (χ1) is 13.9. The standard InChI is InChI=1S/C22H31NO6/c1-5-12(24)9-21-14-6-7-23(21)13-8-15(21)28-22(14)16(13)10(2)18(29-22)19-17(26-4)11(3)20(25)27-19/h10,12-16,18-19,24H,5-9H2,1-4H3/t10-,12-,13+,14-,15?,16+,18-,19+,21-,22+/m0/s1. The van der Waals surface area contributed by atoms with Gasteiger partial charge < -0.3 is 24.1 Å². The highest BCUT2D eigenvalue weighted by Crippen LogP contribution is 2.72. The first-order valence-electron chi connectivity index (χ1n) is 11.1. The molecule has 6 heterocycles. The molecule has 0 aliphatic carbocycles. The average molecular weight is 405 g/mol. The van der Waals surface area contributed by atoms with Crippen LogP contribution in [0.2, 0.25) is 0 Å². The van der Waals surface area contributed by atoms with Gasteiger partial charge >= 0.3 is 5.97 Å². The van der Waals surface area contributed by atoms with Crippen LogP contribution in [0.25, 0.3) is 0 Å². The van der Waals surface area contributed by atoms with E-state index in [0.29, 0.717) is 17.4 Å². The van der Waals surface area contributed by atoms with Crippen LogP contribution in [0.15, 0.2) is 11.3 Å². The number of aliphatic hydroxyl groups excluding tert-OH is 1. The van der Waals surface area contributed by atoms with Crippen molar-refractivity contribution in [1.82, 2.24) is 4.90 Å². The number of cyclic esters (lactones) is 1. The van der Waals surface area contributed by atoms with Crippen LogP contribution in [0.4, 0.5) is 0 Å². The van der Waals surface area contributed by atoms with Crippen LogP contribution in [-0.2, 0) is 23.7 Å². The molecule has 5 saturated heterocycles. The van der Waals surface area contributed by atoms with Gasteiger partial charge in [0.2, 0.25) is 0 Å². The van der Waals surface area contributed by atoms with E-state index in [9.17, 15) is 9.90 Å². The molecule has 5 bridgehead atoms. The fourth-order valence-electron chi connectivity index (χ4n) is 8.02. The molecule has 160 valence electrons. The molecular weight excluding hydrogens is 374 g/mol. The summed E-state index contributed by atoms with van der Waals surface area (Å²) in [7, 11) is 1.59. The Morgan fingerprint density at radius 1 is 1.38 bits per heavy atom. The Labute approximate surface area is 171 Å². The number of hydrogen-bond acceptors (Lipinski definition) is 7. The molecule has 7 nitrogen and oxygen atoms in total. The Kier molecular flexibility index (Phi) is 3.69. The van der Waals surface area contributed by atoms with Gasteiger partial charge in [-0.2, -0.15) is 0 Å². The molecule has 11 atom stereocenters. The number of aliphatic hydroxyl groups is 1. The van der Waals surface area contributed by atoms with E-state index in [1.54, 1.807) is 14.0 Å². The largest absolute Gasteiger partial charge is 0.496 e. The molecule has 0 amide bonds. The molecule has 6 rings (SSSR count). The van der Waals surface area contributed by atoms with Crippen molar-refractivity contribution in [1.29, 1.82) is 0 Å². The number of carbonyl (C=O) groups is 1. The Hall–Kier alpha value is -1.15. The second-order valence-electron chi connectivity index (χ2n) is 9.91. The van der Waals surface area contributed by atoms with Gasteiger partial charge in [-0.3, -0.25) is 4.90 Å². The SMILES string of the molecule is CC[C@H](O)C[C@@]12C3C[C@@H]4[C@H]5[C@H](C)[C@@H]([C@@H]6OC(=O)C(C)=C6OC)O[C@]5(O3)[C@H]1CCN42. The van der Waals surface area contributed by atoms with Crippen LogP contribution < -0.4 is 0 Å². The fourth-order valence-corrected chi connectivity index (χ4v) is 8.02. The highest BCUT2D eigenvalue weighted by molar-refractivity contribution is 5.91. The molecule has 1 N–H and O–H groups in total. The monoisotopic (exact) mass is 405 g/mol. The van der Waals surface area contributed by atoms with E-state index in [-0.39, 0.29) is 47.6 Å². The van der Waals surface area contributed by atoms with Crippen LogP contribution in [0.1, 0.15) is 46.5 Å². The summed E-state index contributed by atoms with van der Waals surface area (Å²) in [5, 5.41) is 10.6. The highest BCUT2D eigenvalue weighted by atomic mass is 16.7. The number of hydrogen-bond donors (Lipinski definition) is 1. The zero-order valence-corrected chi connectivity index (χ0v) is 17.6. The quantitative estimate of drug-likeness (QED) is 0.696. The summed E-state index contributed by atoms with van der Waals surface area (Å²) in [5.41, 5.74) is 0.427. The van der Waals surface area contributed by atoms with Gasteiger partial charge in [-0.05, 0) is 45.1 Å². The number of nitrogens with zero attached hydrogens (tertiary/aromatic N) is 1. The van der Waals surface area contributed by atoms with E-state index in [1.165, 1.54) is 0 Å². The molecule has 6 aliphatic rings. The number of piperidine rings is 1. The predicted octanol–water partition coefficient (Wildman–Crippen LogP) is 1.59. The number of fused-ring (bicyclic) bond motifs is 1. The van der Waals surface area contributed by atoms with Gasteiger partial charge in [-0.25, -0.2) is 4.79 Å². The molecule has 5 fully saturated rings. The lowest BCUT2D eigenvalue weighted by molar-refractivity contribution is -0.280. The molecule has 0 radical (unpaired) electrons. The topological polar surface area (TPSA) is 77.5 Å². The highest BCUT2D eigenvalue weighted by Gasteiger charge is 2.84. The van der Waals surface area contributed by atoms with Crippen LogP contribution in [0, 0.1) is 17.8 Å². The fraction of sp³-hybridized carbons (Fsp3) is 0.864. The van der Waals surface area contributed by atoms with Crippen LogP contribution >= 0.6 is 0 Å². The van der Waals surface area contributed by atoms with E-state index in [1.807, 2.05) is 6.92 Å². The summed E-state index contributed by atoms with van der Waals surface area (Å²) in [6, 6.07) is 0.407. The average Bonchev–Trinajstić information content (AvgIpc) is 3.40. The molecule has 6 aliphatic heterocycles. The Morgan fingerprint density at radius 2 is 2.17 bits per heavy atom. The third-order valence-electron chi connectivity index (χ3n) is 9.03. The van der Waals surface area contributed by atoms with Gasteiger partial charge in [-0.15, -0.1) is 0 Å².